The van der Waals surface area contributed by atoms with Gasteiger partial charge in [0.15, 0.2) is 0 Å². The maximum atomic E-state index is 13.1. The van der Waals surface area contributed by atoms with E-state index in [1.165, 1.54) is 11.3 Å². The van der Waals surface area contributed by atoms with E-state index in [0.29, 0.717) is 31.4 Å². The van der Waals surface area contributed by atoms with Crippen LogP contribution in [0.25, 0.3) is 21.5 Å². The first-order chi connectivity index (χ1) is 14.2. The van der Waals surface area contributed by atoms with Crippen molar-refractivity contribution in [2.75, 3.05) is 20.3 Å². The highest BCUT2D eigenvalue weighted by atomic mass is 32.1. The largest absolute Gasteiger partial charge is 0.418 e. The van der Waals surface area contributed by atoms with Gasteiger partial charge in [-0.05, 0) is 27.8 Å². The fraction of sp³-hybridized carbons (Fsp3) is 0.227. The molecule has 0 saturated carbocycles. The number of aromatic nitrogens is 2. The monoisotopic (exact) mass is 407 g/mol. The molecule has 29 heavy (non-hydrogen) atoms. The Balaban J connectivity index is 1.52. The summed E-state index contributed by atoms with van der Waals surface area (Å²) in [5.74, 6) is 0.883. The molecule has 2 heterocycles. The van der Waals surface area contributed by atoms with E-state index in [1.54, 1.807) is 12.0 Å². The first-order valence-corrected chi connectivity index (χ1v) is 10.2. The molecular formula is C22H21N3O3S. The Hall–Kier alpha value is -3.03. The minimum absolute atomic E-state index is 0.00530. The molecule has 4 rings (SSSR count). The Labute approximate surface area is 172 Å². The summed E-state index contributed by atoms with van der Waals surface area (Å²) in [6.07, 6.45) is 0.303. The predicted octanol–water partition coefficient (Wildman–Crippen LogP) is 4.17. The molecule has 0 spiro atoms. The second kappa shape index (κ2) is 8.98. The zero-order valence-corrected chi connectivity index (χ0v) is 16.9. The third kappa shape index (κ3) is 4.52. The molecule has 0 N–H and O–H groups in total. The van der Waals surface area contributed by atoms with Crippen molar-refractivity contribution >= 4 is 28.0 Å². The Morgan fingerprint density at radius 2 is 1.97 bits per heavy atom. The van der Waals surface area contributed by atoms with Crippen LogP contribution in [0.3, 0.4) is 0 Å². The van der Waals surface area contributed by atoms with Crippen molar-refractivity contribution in [3.8, 4) is 10.8 Å². The number of carbonyl (C=O) groups excluding carboxylic acids is 1. The predicted molar refractivity (Wildman–Crippen MR) is 113 cm³/mol. The van der Waals surface area contributed by atoms with Crippen LogP contribution in [0.15, 0.2) is 64.4 Å². The van der Waals surface area contributed by atoms with Crippen LogP contribution < -0.4 is 0 Å². The summed E-state index contributed by atoms with van der Waals surface area (Å²) >= 11 is 1.53. The highest BCUT2D eigenvalue weighted by Gasteiger charge is 2.19. The van der Waals surface area contributed by atoms with E-state index in [4.69, 9.17) is 9.15 Å². The van der Waals surface area contributed by atoms with E-state index in [0.717, 1.165) is 21.2 Å². The van der Waals surface area contributed by atoms with E-state index in [-0.39, 0.29) is 12.5 Å². The zero-order valence-electron chi connectivity index (χ0n) is 16.1. The number of hydrogen-bond donors (Lipinski definition) is 0. The molecule has 0 aliphatic carbocycles. The Kier molecular flexibility index (Phi) is 5.97. The molecule has 0 unspecified atom stereocenters. The number of amides is 1. The van der Waals surface area contributed by atoms with Gasteiger partial charge in [-0.3, -0.25) is 4.79 Å². The molecule has 0 atom stereocenters. The van der Waals surface area contributed by atoms with Crippen LogP contribution in [0.2, 0.25) is 0 Å². The molecule has 4 aromatic rings. The van der Waals surface area contributed by atoms with Crippen LogP contribution in [0.5, 0.6) is 0 Å². The van der Waals surface area contributed by atoms with Gasteiger partial charge in [0.2, 0.25) is 11.8 Å². The van der Waals surface area contributed by atoms with Crippen LogP contribution in [0.4, 0.5) is 0 Å². The van der Waals surface area contributed by atoms with Crippen LogP contribution in [-0.4, -0.2) is 41.3 Å². The molecule has 0 saturated heterocycles. The molecule has 1 amide bonds. The molecule has 148 valence electrons. The van der Waals surface area contributed by atoms with Gasteiger partial charge in [0.05, 0.1) is 24.4 Å². The SMILES string of the molecule is COCCN(Cc1nnc(-c2cccs2)o1)C(=O)Cc1cccc2ccccc12. The van der Waals surface area contributed by atoms with Gasteiger partial charge in [-0.2, -0.15) is 0 Å². The Morgan fingerprint density at radius 3 is 2.79 bits per heavy atom. The lowest BCUT2D eigenvalue weighted by Gasteiger charge is -2.21. The van der Waals surface area contributed by atoms with Crippen molar-refractivity contribution in [1.82, 2.24) is 15.1 Å². The summed E-state index contributed by atoms with van der Waals surface area (Å²) in [5, 5.41) is 12.4. The highest BCUT2D eigenvalue weighted by molar-refractivity contribution is 7.13. The van der Waals surface area contributed by atoms with Gasteiger partial charge >= 0.3 is 0 Å². The highest BCUT2D eigenvalue weighted by Crippen LogP contribution is 2.24. The number of nitrogens with zero attached hydrogens (tertiary/aromatic N) is 3. The summed E-state index contributed by atoms with van der Waals surface area (Å²) in [7, 11) is 1.62. The fourth-order valence-corrected chi connectivity index (χ4v) is 3.84. The third-order valence-corrected chi connectivity index (χ3v) is 5.52. The van der Waals surface area contributed by atoms with Crippen LogP contribution >= 0.6 is 11.3 Å². The van der Waals surface area contributed by atoms with Gasteiger partial charge in [-0.25, -0.2) is 0 Å². The lowest BCUT2D eigenvalue weighted by Crippen LogP contribution is -2.34. The van der Waals surface area contributed by atoms with Crippen molar-refractivity contribution in [2.24, 2.45) is 0 Å². The lowest BCUT2D eigenvalue weighted by atomic mass is 10.0. The number of carbonyl (C=O) groups is 1. The average Bonchev–Trinajstić information content (AvgIpc) is 3.43. The molecule has 6 nitrogen and oxygen atoms in total. The lowest BCUT2D eigenvalue weighted by molar-refractivity contribution is -0.132. The number of methoxy groups -OCH3 is 1. The minimum Gasteiger partial charge on any atom is -0.418 e. The van der Waals surface area contributed by atoms with E-state index in [2.05, 4.69) is 22.3 Å². The van der Waals surface area contributed by atoms with Crippen LogP contribution in [0, 0.1) is 0 Å². The zero-order chi connectivity index (χ0) is 20.1. The standard InChI is InChI=1S/C22H21N3O3S/c1-27-12-11-25(15-20-23-24-22(28-20)19-10-5-13-29-19)21(26)14-17-8-4-7-16-6-2-3-9-18(16)17/h2-10,13H,11-12,14-15H2,1H3. The smallest absolute Gasteiger partial charge is 0.257 e. The molecule has 0 bridgehead atoms. The van der Waals surface area contributed by atoms with E-state index < -0.39 is 0 Å². The van der Waals surface area contributed by atoms with Gasteiger partial charge in [0.25, 0.3) is 5.89 Å². The van der Waals surface area contributed by atoms with Crippen molar-refractivity contribution in [2.45, 2.75) is 13.0 Å². The number of hydrogen-bond acceptors (Lipinski definition) is 6. The normalized spacial score (nSPS) is 11.1. The van der Waals surface area contributed by atoms with Crippen molar-refractivity contribution < 1.29 is 13.9 Å². The van der Waals surface area contributed by atoms with Crippen molar-refractivity contribution in [3.05, 3.63) is 71.4 Å². The summed E-state index contributed by atoms with van der Waals surface area (Å²) in [6.45, 7) is 1.15. The topological polar surface area (TPSA) is 68.5 Å². The Morgan fingerprint density at radius 1 is 1.10 bits per heavy atom. The molecule has 0 aliphatic heterocycles. The Bertz CT molecular complexity index is 1090. The maximum Gasteiger partial charge on any atom is 0.257 e. The van der Waals surface area contributed by atoms with Crippen molar-refractivity contribution in [3.63, 3.8) is 0 Å². The minimum atomic E-state index is -0.00530. The van der Waals surface area contributed by atoms with Crippen LogP contribution in [-0.2, 0) is 22.5 Å². The summed E-state index contributed by atoms with van der Waals surface area (Å²) in [5.41, 5.74) is 1.00. The first-order valence-electron chi connectivity index (χ1n) is 9.34. The first kappa shape index (κ1) is 19.3. The number of fused-ring (bicyclic) bond motifs is 1. The van der Waals surface area contributed by atoms with E-state index >= 15 is 0 Å². The van der Waals surface area contributed by atoms with Gasteiger partial charge in [-0.15, -0.1) is 21.5 Å². The van der Waals surface area contributed by atoms with Crippen LogP contribution in [0.1, 0.15) is 11.5 Å². The number of rotatable bonds is 8. The summed E-state index contributed by atoms with van der Waals surface area (Å²) in [4.78, 5) is 15.7. The fourth-order valence-electron chi connectivity index (χ4n) is 3.20. The number of benzene rings is 2. The third-order valence-electron chi connectivity index (χ3n) is 4.66. The molecule has 0 radical (unpaired) electrons. The summed E-state index contributed by atoms with van der Waals surface area (Å²) < 4.78 is 10.9. The van der Waals surface area contributed by atoms with Gasteiger partial charge in [-0.1, -0.05) is 48.5 Å². The molecule has 2 aromatic carbocycles. The molecule has 7 heteroatoms. The molecule has 2 aromatic heterocycles. The van der Waals surface area contributed by atoms with Gasteiger partial charge in [0, 0.05) is 13.7 Å². The number of ether oxygens (including phenoxy) is 1. The quantitative estimate of drug-likeness (QED) is 0.438. The molecular weight excluding hydrogens is 386 g/mol. The second-order valence-electron chi connectivity index (χ2n) is 6.60. The van der Waals surface area contributed by atoms with Gasteiger partial charge < -0.3 is 14.1 Å². The number of thiophene rings is 1. The maximum absolute atomic E-state index is 13.1. The molecule has 0 aliphatic rings. The van der Waals surface area contributed by atoms with E-state index in [1.807, 2.05) is 47.8 Å². The van der Waals surface area contributed by atoms with Gasteiger partial charge in [0.1, 0.15) is 0 Å². The molecule has 0 fully saturated rings. The van der Waals surface area contributed by atoms with E-state index in [9.17, 15) is 4.79 Å². The van der Waals surface area contributed by atoms with Crippen molar-refractivity contribution in [1.29, 1.82) is 0 Å². The average molecular weight is 407 g/mol. The second-order valence-corrected chi connectivity index (χ2v) is 7.55. The summed E-state index contributed by atoms with van der Waals surface area (Å²) in [6, 6.07) is 18.0.